The monoisotopic (exact) mass is 432 g/mol. The van der Waals surface area contributed by atoms with Crippen LogP contribution in [0.3, 0.4) is 0 Å². The van der Waals surface area contributed by atoms with E-state index in [0.29, 0.717) is 5.92 Å². The van der Waals surface area contributed by atoms with Gasteiger partial charge in [-0.15, -0.1) is 11.3 Å². The van der Waals surface area contributed by atoms with Gasteiger partial charge in [0.15, 0.2) is 5.13 Å². The van der Waals surface area contributed by atoms with Crippen LogP contribution in [0.25, 0.3) is 5.65 Å². The van der Waals surface area contributed by atoms with Crippen molar-refractivity contribution >= 4 is 27.9 Å². The number of aryl methyl sites for hydroxylation is 3. The predicted molar refractivity (Wildman–Crippen MR) is 126 cm³/mol. The van der Waals surface area contributed by atoms with E-state index in [1.807, 2.05) is 12.3 Å². The molecular formula is C24H28N6S. The van der Waals surface area contributed by atoms with Crippen molar-refractivity contribution in [3.63, 3.8) is 0 Å². The Morgan fingerprint density at radius 2 is 2.06 bits per heavy atom. The molecule has 0 aliphatic carbocycles. The van der Waals surface area contributed by atoms with Gasteiger partial charge in [0, 0.05) is 42.0 Å². The summed E-state index contributed by atoms with van der Waals surface area (Å²) in [6.45, 7) is 9.36. The molecule has 1 N–H and O–H groups in total. The summed E-state index contributed by atoms with van der Waals surface area (Å²) in [7, 11) is 0. The van der Waals surface area contributed by atoms with E-state index in [0.717, 1.165) is 47.6 Å². The van der Waals surface area contributed by atoms with Crippen molar-refractivity contribution in [3.8, 4) is 0 Å². The van der Waals surface area contributed by atoms with Gasteiger partial charge in [0.25, 0.3) is 0 Å². The highest BCUT2D eigenvalue weighted by molar-refractivity contribution is 7.15. The minimum absolute atomic E-state index is 0.440. The minimum atomic E-state index is 0.440. The molecule has 0 amide bonds. The zero-order valence-electron chi connectivity index (χ0n) is 18.3. The maximum Gasteiger partial charge on any atom is 0.188 e. The summed E-state index contributed by atoms with van der Waals surface area (Å²) in [5, 5.41) is 4.25. The van der Waals surface area contributed by atoms with E-state index in [9.17, 15) is 0 Å². The molecule has 31 heavy (non-hydrogen) atoms. The number of rotatable bonds is 5. The van der Waals surface area contributed by atoms with Crippen LogP contribution in [0, 0.1) is 20.8 Å². The highest BCUT2D eigenvalue weighted by Crippen LogP contribution is 2.29. The molecular weight excluding hydrogens is 404 g/mol. The lowest BCUT2D eigenvalue weighted by Gasteiger charge is -2.32. The first-order chi connectivity index (χ1) is 15.0. The van der Waals surface area contributed by atoms with E-state index in [2.05, 4.69) is 70.8 Å². The fourth-order valence-electron chi connectivity index (χ4n) is 4.43. The quantitative estimate of drug-likeness (QED) is 0.468. The third-order valence-corrected chi connectivity index (χ3v) is 6.83. The second-order valence-corrected chi connectivity index (χ2v) is 9.73. The molecule has 0 bridgehead atoms. The molecule has 1 atom stereocenters. The predicted octanol–water partition coefficient (Wildman–Crippen LogP) is 5.23. The van der Waals surface area contributed by atoms with Gasteiger partial charge in [-0.3, -0.25) is 4.90 Å². The van der Waals surface area contributed by atoms with Crippen molar-refractivity contribution in [3.05, 3.63) is 70.2 Å². The number of pyridine rings is 2. The smallest absolute Gasteiger partial charge is 0.188 e. The van der Waals surface area contributed by atoms with E-state index >= 15 is 0 Å². The lowest BCUT2D eigenvalue weighted by Crippen LogP contribution is -2.34. The molecule has 1 aliphatic rings. The number of likely N-dealkylation sites (tertiary alicyclic amines) is 1. The summed E-state index contributed by atoms with van der Waals surface area (Å²) in [5.74, 6) is 1.31. The van der Waals surface area contributed by atoms with Crippen molar-refractivity contribution in [1.29, 1.82) is 0 Å². The Labute approximate surface area is 187 Å². The molecule has 160 valence electrons. The van der Waals surface area contributed by atoms with Gasteiger partial charge in [0.1, 0.15) is 11.5 Å². The molecule has 4 aromatic rings. The zero-order chi connectivity index (χ0) is 21.4. The van der Waals surface area contributed by atoms with Crippen LogP contribution < -0.4 is 5.32 Å². The van der Waals surface area contributed by atoms with Crippen LogP contribution in [-0.4, -0.2) is 37.3 Å². The molecule has 1 aliphatic heterocycles. The van der Waals surface area contributed by atoms with Gasteiger partial charge in [-0.2, -0.15) is 0 Å². The normalized spacial score (nSPS) is 17.3. The van der Waals surface area contributed by atoms with Gasteiger partial charge in [0.05, 0.1) is 11.4 Å². The summed E-state index contributed by atoms with van der Waals surface area (Å²) < 4.78 is 2.24. The molecule has 0 unspecified atom stereocenters. The first kappa shape index (κ1) is 20.2. The number of hydrogen-bond donors (Lipinski definition) is 1. The summed E-state index contributed by atoms with van der Waals surface area (Å²) in [6, 6.07) is 10.6. The molecule has 5 heterocycles. The van der Waals surface area contributed by atoms with Crippen LogP contribution in [0.4, 0.5) is 10.9 Å². The van der Waals surface area contributed by atoms with Gasteiger partial charge in [0.2, 0.25) is 0 Å². The molecule has 6 nitrogen and oxygen atoms in total. The van der Waals surface area contributed by atoms with Crippen LogP contribution in [0.15, 0.2) is 42.7 Å². The van der Waals surface area contributed by atoms with Crippen LogP contribution in [0.5, 0.6) is 0 Å². The Morgan fingerprint density at radius 1 is 1.16 bits per heavy atom. The van der Waals surface area contributed by atoms with Crippen molar-refractivity contribution in [2.24, 2.45) is 0 Å². The van der Waals surface area contributed by atoms with Crippen LogP contribution in [0.1, 0.15) is 46.3 Å². The van der Waals surface area contributed by atoms with E-state index < -0.39 is 0 Å². The van der Waals surface area contributed by atoms with Gasteiger partial charge in [-0.25, -0.2) is 15.0 Å². The topological polar surface area (TPSA) is 58.4 Å². The van der Waals surface area contributed by atoms with Crippen LogP contribution >= 0.6 is 11.3 Å². The standard InChI is InChI=1S/C24H28N6S/c1-16-9-11-30-21(18(3)26-23(30)12-16)15-29-10-5-6-19(14-29)20-7-4-8-22(27-20)28-24-25-13-17(2)31-24/h4,7-9,11-13,19H,5-6,10,14-15H2,1-3H3,(H,25,27,28)/t19-/m0/s1. The fraction of sp³-hybridized carbons (Fsp3) is 0.375. The number of aromatic nitrogens is 4. The van der Waals surface area contributed by atoms with E-state index in [1.54, 1.807) is 11.3 Å². The third kappa shape index (κ3) is 4.34. The molecule has 5 rings (SSSR count). The van der Waals surface area contributed by atoms with Gasteiger partial charge in [-0.05, 0) is 70.0 Å². The molecule has 0 saturated carbocycles. The third-order valence-electron chi connectivity index (χ3n) is 6.00. The number of piperidine rings is 1. The maximum absolute atomic E-state index is 4.92. The Hall–Kier alpha value is -2.77. The fourth-order valence-corrected chi connectivity index (χ4v) is 5.10. The largest absolute Gasteiger partial charge is 0.316 e. The van der Waals surface area contributed by atoms with Gasteiger partial charge < -0.3 is 9.72 Å². The van der Waals surface area contributed by atoms with Gasteiger partial charge in [-0.1, -0.05) is 6.07 Å². The minimum Gasteiger partial charge on any atom is -0.316 e. The number of fused-ring (bicyclic) bond motifs is 1. The lowest BCUT2D eigenvalue weighted by atomic mass is 9.94. The Morgan fingerprint density at radius 3 is 2.90 bits per heavy atom. The zero-order valence-corrected chi connectivity index (χ0v) is 19.1. The maximum atomic E-state index is 4.92. The summed E-state index contributed by atoms with van der Waals surface area (Å²) in [4.78, 5) is 17.8. The Balaban J connectivity index is 1.32. The average Bonchev–Trinajstić information content (AvgIpc) is 3.30. The lowest BCUT2D eigenvalue weighted by molar-refractivity contribution is 0.195. The van der Waals surface area contributed by atoms with Crippen molar-refractivity contribution in [1.82, 2.24) is 24.3 Å². The molecule has 1 saturated heterocycles. The SMILES string of the molecule is Cc1ccn2c(CN3CCC[C@H](c4cccc(Nc5ncc(C)s5)n4)C3)c(C)nc2c1. The first-order valence-electron chi connectivity index (χ1n) is 10.9. The van der Waals surface area contributed by atoms with Crippen molar-refractivity contribution in [2.75, 3.05) is 18.4 Å². The van der Waals surface area contributed by atoms with E-state index in [4.69, 9.17) is 9.97 Å². The number of hydrogen-bond acceptors (Lipinski definition) is 6. The van der Waals surface area contributed by atoms with Crippen LogP contribution in [0.2, 0.25) is 0 Å². The molecule has 0 aromatic carbocycles. The highest BCUT2D eigenvalue weighted by Gasteiger charge is 2.24. The average molecular weight is 433 g/mol. The molecule has 0 spiro atoms. The van der Waals surface area contributed by atoms with E-state index in [1.165, 1.54) is 29.0 Å². The number of thiazole rings is 1. The highest BCUT2D eigenvalue weighted by atomic mass is 32.1. The Kier molecular flexibility index (Phi) is 5.46. The first-order valence-corrected chi connectivity index (χ1v) is 11.7. The molecule has 4 aromatic heterocycles. The second-order valence-electron chi connectivity index (χ2n) is 8.50. The number of nitrogens with one attached hydrogen (secondary N) is 1. The second kappa shape index (κ2) is 8.40. The van der Waals surface area contributed by atoms with Gasteiger partial charge >= 0.3 is 0 Å². The van der Waals surface area contributed by atoms with Crippen LogP contribution in [-0.2, 0) is 6.54 Å². The van der Waals surface area contributed by atoms with Crippen molar-refractivity contribution in [2.45, 2.75) is 46.1 Å². The number of anilines is 2. The summed E-state index contributed by atoms with van der Waals surface area (Å²) in [6.07, 6.45) is 6.40. The van der Waals surface area contributed by atoms with E-state index in [-0.39, 0.29) is 0 Å². The van der Waals surface area contributed by atoms with Crippen molar-refractivity contribution < 1.29 is 0 Å². The summed E-state index contributed by atoms with van der Waals surface area (Å²) in [5.41, 5.74) is 5.86. The number of imidazole rings is 1. The number of nitrogens with zero attached hydrogens (tertiary/aromatic N) is 5. The molecule has 1 fully saturated rings. The molecule has 7 heteroatoms. The summed E-state index contributed by atoms with van der Waals surface area (Å²) >= 11 is 1.65. The Bertz CT molecular complexity index is 1210. The molecule has 0 radical (unpaired) electrons.